The fourth-order valence-electron chi connectivity index (χ4n) is 3.87. The minimum Gasteiger partial charge on any atom is -0.310 e. The van der Waals surface area contributed by atoms with Crippen molar-refractivity contribution in [3.05, 3.63) is 35.4 Å². The molecule has 0 bridgehead atoms. The summed E-state index contributed by atoms with van der Waals surface area (Å²) < 4.78 is 0. The highest BCUT2D eigenvalue weighted by Gasteiger charge is 2.33. The highest BCUT2D eigenvalue weighted by molar-refractivity contribution is 5.24. The summed E-state index contributed by atoms with van der Waals surface area (Å²) in [6, 6.07) is 9.68. The summed E-state index contributed by atoms with van der Waals surface area (Å²) in [7, 11) is 0. The molecule has 0 radical (unpaired) electrons. The Kier molecular flexibility index (Phi) is 5.48. The molecule has 1 atom stereocenters. The van der Waals surface area contributed by atoms with Crippen LogP contribution in [0.3, 0.4) is 0 Å². The van der Waals surface area contributed by atoms with E-state index < -0.39 is 0 Å². The number of hydrogen-bond donors (Lipinski definition) is 1. The van der Waals surface area contributed by atoms with Crippen LogP contribution in [-0.4, -0.2) is 6.54 Å². The highest BCUT2D eigenvalue weighted by Crippen LogP contribution is 2.43. The first-order valence-electron chi connectivity index (χ1n) is 8.71. The molecule has 1 saturated carbocycles. The topological polar surface area (TPSA) is 12.0 Å². The Morgan fingerprint density at radius 3 is 2.10 bits per heavy atom. The Morgan fingerprint density at radius 1 is 1.05 bits per heavy atom. The van der Waals surface area contributed by atoms with E-state index in [1.165, 1.54) is 36.8 Å². The van der Waals surface area contributed by atoms with E-state index in [0.29, 0.717) is 11.5 Å². The molecule has 1 aromatic rings. The second-order valence-corrected chi connectivity index (χ2v) is 7.92. The molecule has 0 heterocycles. The number of rotatable bonds is 4. The van der Waals surface area contributed by atoms with Gasteiger partial charge in [0.05, 0.1) is 0 Å². The lowest BCUT2D eigenvalue weighted by molar-refractivity contribution is 0.133. The first-order chi connectivity index (χ1) is 9.91. The summed E-state index contributed by atoms with van der Waals surface area (Å²) >= 11 is 0. The molecule has 0 spiro atoms. The average Bonchev–Trinajstić information content (AvgIpc) is 2.45. The van der Waals surface area contributed by atoms with Gasteiger partial charge in [0, 0.05) is 6.04 Å². The predicted octanol–water partition coefficient (Wildman–Crippen LogP) is 5.50. The fraction of sp³-hybridized carbons (Fsp3) is 0.700. The fourth-order valence-corrected chi connectivity index (χ4v) is 3.87. The van der Waals surface area contributed by atoms with E-state index in [0.717, 1.165) is 18.4 Å². The van der Waals surface area contributed by atoms with Crippen LogP contribution in [0.15, 0.2) is 24.3 Å². The minimum absolute atomic E-state index is 0.475. The van der Waals surface area contributed by atoms with E-state index in [9.17, 15) is 0 Å². The summed E-state index contributed by atoms with van der Waals surface area (Å²) in [5.74, 6) is 1.69. The number of benzene rings is 1. The summed E-state index contributed by atoms with van der Waals surface area (Å²) in [6.45, 7) is 12.7. The van der Waals surface area contributed by atoms with Crippen molar-refractivity contribution in [2.45, 2.75) is 66.3 Å². The van der Waals surface area contributed by atoms with Crippen LogP contribution in [0.2, 0.25) is 0 Å². The zero-order valence-corrected chi connectivity index (χ0v) is 14.6. The molecule has 21 heavy (non-hydrogen) atoms. The molecule has 1 heteroatoms. The van der Waals surface area contributed by atoms with Gasteiger partial charge in [0.1, 0.15) is 0 Å². The van der Waals surface area contributed by atoms with Crippen LogP contribution in [0.4, 0.5) is 0 Å². The van der Waals surface area contributed by atoms with Crippen LogP contribution < -0.4 is 5.32 Å². The van der Waals surface area contributed by atoms with Gasteiger partial charge in [-0.1, -0.05) is 57.5 Å². The van der Waals surface area contributed by atoms with Gasteiger partial charge < -0.3 is 5.32 Å². The molecular weight excluding hydrogens is 254 g/mol. The zero-order chi connectivity index (χ0) is 15.5. The summed E-state index contributed by atoms with van der Waals surface area (Å²) in [5, 5.41) is 3.74. The second-order valence-electron chi connectivity index (χ2n) is 7.92. The van der Waals surface area contributed by atoms with Crippen LogP contribution in [0, 0.1) is 24.2 Å². The Hall–Kier alpha value is -0.820. The summed E-state index contributed by atoms with van der Waals surface area (Å²) in [6.07, 6.45) is 5.52. The lowest BCUT2D eigenvalue weighted by Crippen LogP contribution is -2.33. The Morgan fingerprint density at radius 2 is 1.62 bits per heavy atom. The lowest BCUT2D eigenvalue weighted by atomic mass is 9.68. The molecule has 1 unspecified atom stereocenters. The van der Waals surface area contributed by atoms with E-state index in [1.807, 2.05) is 0 Å². The van der Waals surface area contributed by atoms with Crippen LogP contribution >= 0.6 is 0 Å². The molecule has 1 aromatic carbocycles. The Balaban J connectivity index is 2.05. The van der Waals surface area contributed by atoms with Crippen molar-refractivity contribution in [3.63, 3.8) is 0 Å². The third-order valence-corrected chi connectivity index (χ3v) is 5.33. The van der Waals surface area contributed by atoms with Crippen molar-refractivity contribution in [2.24, 2.45) is 17.3 Å². The van der Waals surface area contributed by atoms with Gasteiger partial charge in [-0.3, -0.25) is 0 Å². The molecule has 1 N–H and O–H groups in total. The van der Waals surface area contributed by atoms with Gasteiger partial charge in [0.2, 0.25) is 0 Å². The Labute approximate surface area is 131 Å². The predicted molar refractivity (Wildman–Crippen MR) is 92.5 cm³/mol. The van der Waals surface area contributed by atoms with Crippen LogP contribution in [-0.2, 0) is 0 Å². The SMILES string of the molecule is CCNC(c1ccc(C)cc1)C1CCC(C(C)(C)C)CC1. The molecule has 1 fully saturated rings. The summed E-state index contributed by atoms with van der Waals surface area (Å²) in [5.41, 5.74) is 3.30. The third-order valence-electron chi connectivity index (χ3n) is 5.33. The van der Waals surface area contributed by atoms with Crippen molar-refractivity contribution < 1.29 is 0 Å². The maximum atomic E-state index is 3.74. The van der Waals surface area contributed by atoms with Crippen LogP contribution in [0.5, 0.6) is 0 Å². The van der Waals surface area contributed by atoms with Gasteiger partial charge in [-0.2, -0.15) is 0 Å². The number of aryl methyl sites for hydroxylation is 1. The van der Waals surface area contributed by atoms with Crippen molar-refractivity contribution in [1.29, 1.82) is 0 Å². The van der Waals surface area contributed by atoms with Crippen molar-refractivity contribution in [1.82, 2.24) is 5.32 Å². The second kappa shape index (κ2) is 6.96. The third kappa shape index (κ3) is 4.32. The van der Waals surface area contributed by atoms with E-state index >= 15 is 0 Å². The smallest absolute Gasteiger partial charge is 0.0348 e. The average molecular weight is 287 g/mol. The summed E-state index contributed by atoms with van der Waals surface area (Å²) in [4.78, 5) is 0. The maximum Gasteiger partial charge on any atom is 0.0348 e. The van der Waals surface area contributed by atoms with Crippen molar-refractivity contribution in [2.75, 3.05) is 6.54 Å². The molecule has 0 amide bonds. The highest BCUT2D eigenvalue weighted by atomic mass is 14.9. The van der Waals surface area contributed by atoms with Gasteiger partial charge in [0.15, 0.2) is 0 Å². The molecular formula is C20H33N. The molecule has 118 valence electrons. The van der Waals surface area contributed by atoms with E-state index in [2.05, 4.69) is 64.2 Å². The van der Waals surface area contributed by atoms with Crippen molar-refractivity contribution >= 4 is 0 Å². The van der Waals surface area contributed by atoms with E-state index in [-0.39, 0.29) is 0 Å². The Bertz CT molecular complexity index is 418. The van der Waals surface area contributed by atoms with Gasteiger partial charge >= 0.3 is 0 Å². The first kappa shape index (κ1) is 16.5. The van der Waals surface area contributed by atoms with Crippen LogP contribution in [0.1, 0.15) is 70.5 Å². The largest absolute Gasteiger partial charge is 0.310 e. The molecule has 2 rings (SSSR count). The van der Waals surface area contributed by atoms with Gasteiger partial charge in [-0.25, -0.2) is 0 Å². The zero-order valence-electron chi connectivity index (χ0n) is 14.6. The molecule has 0 saturated heterocycles. The molecule has 1 aliphatic rings. The van der Waals surface area contributed by atoms with Gasteiger partial charge in [-0.05, 0) is 62.0 Å². The van der Waals surface area contributed by atoms with E-state index in [1.54, 1.807) is 0 Å². The standard InChI is InChI=1S/C20H33N/c1-6-21-19(16-9-7-15(2)8-10-16)17-11-13-18(14-12-17)20(3,4)5/h7-10,17-19,21H,6,11-14H2,1-5H3. The van der Waals surface area contributed by atoms with Gasteiger partial charge in [0.25, 0.3) is 0 Å². The molecule has 0 aromatic heterocycles. The lowest BCUT2D eigenvalue weighted by Gasteiger charge is -2.40. The monoisotopic (exact) mass is 287 g/mol. The number of nitrogens with one attached hydrogen (secondary N) is 1. The normalized spacial score (nSPS) is 24.8. The molecule has 1 aliphatic carbocycles. The molecule has 1 nitrogen and oxygen atoms in total. The minimum atomic E-state index is 0.475. The van der Waals surface area contributed by atoms with E-state index in [4.69, 9.17) is 0 Å². The number of hydrogen-bond acceptors (Lipinski definition) is 1. The quantitative estimate of drug-likeness (QED) is 0.771. The first-order valence-corrected chi connectivity index (χ1v) is 8.71. The van der Waals surface area contributed by atoms with Crippen molar-refractivity contribution in [3.8, 4) is 0 Å². The van der Waals surface area contributed by atoms with Crippen LogP contribution in [0.25, 0.3) is 0 Å². The maximum absolute atomic E-state index is 3.74. The van der Waals surface area contributed by atoms with Gasteiger partial charge in [-0.15, -0.1) is 0 Å². The molecule has 0 aliphatic heterocycles.